The maximum atomic E-state index is 12.4. The summed E-state index contributed by atoms with van der Waals surface area (Å²) in [6.07, 6.45) is 0. The van der Waals surface area contributed by atoms with Gasteiger partial charge in [0.25, 0.3) is 0 Å². The zero-order valence-electron chi connectivity index (χ0n) is 14.9. The van der Waals surface area contributed by atoms with E-state index in [2.05, 4.69) is 22.4 Å². The van der Waals surface area contributed by atoms with Crippen molar-refractivity contribution in [1.82, 2.24) is 10.2 Å². The summed E-state index contributed by atoms with van der Waals surface area (Å²) < 4.78 is 7.49. The predicted molar refractivity (Wildman–Crippen MR) is 113 cm³/mol. The molecule has 1 amide bonds. The van der Waals surface area contributed by atoms with E-state index in [0.717, 1.165) is 31.6 Å². The number of aromatic nitrogens is 2. The molecule has 1 heterocycles. The number of nitrogens with one attached hydrogen (secondary N) is 1. The Balaban J connectivity index is 1.53. The Morgan fingerprint density at radius 2 is 1.74 bits per heavy atom. The fourth-order valence-corrected chi connectivity index (χ4v) is 5.17. The Kier molecular flexibility index (Phi) is 7.14. The first-order chi connectivity index (χ1) is 13.1. The van der Waals surface area contributed by atoms with Crippen LogP contribution in [0.2, 0.25) is 0 Å². The second-order valence-electron chi connectivity index (χ2n) is 5.46. The molecule has 0 aliphatic heterocycles. The standard InChI is InChI=1S/C19H19N3O2S3/c1-3-25-18-21-22-19(27-18)26-13(2)17(23)20-14-9-11-16(12-10-14)24-15-7-5-4-6-8-15/h4-13H,3H2,1-2H3,(H,20,23)/t13-/m1/s1. The van der Waals surface area contributed by atoms with E-state index in [0.29, 0.717) is 0 Å². The minimum atomic E-state index is -0.266. The Morgan fingerprint density at radius 1 is 1.07 bits per heavy atom. The number of thioether (sulfide) groups is 2. The van der Waals surface area contributed by atoms with Crippen molar-refractivity contribution in [3.8, 4) is 11.5 Å². The highest BCUT2D eigenvalue weighted by atomic mass is 32.2. The van der Waals surface area contributed by atoms with E-state index >= 15 is 0 Å². The molecule has 0 aliphatic rings. The van der Waals surface area contributed by atoms with Crippen molar-refractivity contribution in [2.75, 3.05) is 11.1 Å². The summed E-state index contributed by atoms with van der Waals surface area (Å²) in [6.45, 7) is 3.94. The number of para-hydroxylation sites is 1. The lowest BCUT2D eigenvalue weighted by Gasteiger charge is -2.11. The number of carbonyl (C=O) groups excluding carboxylic acids is 1. The quantitative estimate of drug-likeness (QED) is 0.484. The van der Waals surface area contributed by atoms with Gasteiger partial charge in [0, 0.05) is 5.69 Å². The Bertz CT molecular complexity index is 869. The highest BCUT2D eigenvalue weighted by molar-refractivity contribution is 8.03. The van der Waals surface area contributed by atoms with Crippen LogP contribution in [-0.4, -0.2) is 27.1 Å². The minimum Gasteiger partial charge on any atom is -0.457 e. The third-order valence-electron chi connectivity index (χ3n) is 3.40. The van der Waals surface area contributed by atoms with Crippen molar-refractivity contribution in [2.45, 2.75) is 27.8 Å². The maximum absolute atomic E-state index is 12.4. The molecule has 0 aliphatic carbocycles. The number of amides is 1. The number of benzene rings is 2. The highest BCUT2D eigenvalue weighted by Crippen LogP contribution is 2.31. The molecule has 1 atom stereocenters. The van der Waals surface area contributed by atoms with Gasteiger partial charge in [-0.3, -0.25) is 4.79 Å². The molecule has 3 rings (SSSR count). The fourth-order valence-electron chi connectivity index (χ4n) is 2.11. The van der Waals surface area contributed by atoms with Crippen molar-refractivity contribution in [1.29, 1.82) is 0 Å². The normalized spacial score (nSPS) is 11.8. The molecule has 140 valence electrons. The van der Waals surface area contributed by atoms with Crippen LogP contribution in [0, 0.1) is 0 Å². The number of hydrogen-bond donors (Lipinski definition) is 1. The Morgan fingerprint density at radius 3 is 2.44 bits per heavy atom. The summed E-state index contributed by atoms with van der Waals surface area (Å²) in [4.78, 5) is 12.4. The van der Waals surface area contributed by atoms with Gasteiger partial charge in [-0.15, -0.1) is 10.2 Å². The molecule has 0 radical (unpaired) electrons. The predicted octanol–water partition coefficient (Wildman–Crippen LogP) is 5.56. The van der Waals surface area contributed by atoms with Crippen LogP contribution in [0.3, 0.4) is 0 Å². The van der Waals surface area contributed by atoms with E-state index in [4.69, 9.17) is 4.74 Å². The van der Waals surface area contributed by atoms with Crippen LogP contribution in [0.5, 0.6) is 11.5 Å². The largest absolute Gasteiger partial charge is 0.457 e. The zero-order valence-corrected chi connectivity index (χ0v) is 17.4. The topological polar surface area (TPSA) is 64.1 Å². The molecule has 8 heteroatoms. The van der Waals surface area contributed by atoms with Gasteiger partial charge in [-0.05, 0) is 49.1 Å². The van der Waals surface area contributed by atoms with E-state index < -0.39 is 0 Å². The van der Waals surface area contributed by atoms with E-state index in [1.54, 1.807) is 11.8 Å². The third-order valence-corrected chi connectivity index (χ3v) is 6.53. The van der Waals surface area contributed by atoms with Gasteiger partial charge in [0.05, 0.1) is 5.25 Å². The van der Waals surface area contributed by atoms with E-state index in [9.17, 15) is 4.79 Å². The molecule has 0 bridgehead atoms. The molecule has 0 unspecified atom stereocenters. The SMILES string of the molecule is CCSc1nnc(S[C@H](C)C(=O)Nc2ccc(Oc3ccccc3)cc2)s1. The smallest absolute Gasteiger partial charge is 0.237 e. The van der Waals surface area contributed by atoms with Crippen molar-refractivity contribution >= 4 is 46.5 Å². The van der Waals surface area contributed by atoms with Gasteiger partial charge in [-0.1, -0.05) is 60.0 Å². The van der Waals surface area contributed by atoms with Gasteiger partial charge in [-0.2, -0.15) is 0 Å². The first-order valence-corrected chi connectivity index (χ1v) is 11.1. The lowest BCUT2D eigenvalue weighted by atomic mass is 10.3. The average molecular weight is 418 g/mol. The molecule has 2 aromatic carbocycles. The molecule has 27 heavy (non-hydrogen) atoms. The molecule has 1 N–H and O–H groups in total. The molecule has 0 fully saturated rings. The van der Waals surface area contributed by atoms with E-state index in [1.807, 2.05) is 61.5 Å². The van der Waals surface area contributed by atoms with Crippen LogP contribution in [0.25, 0.3) is 0 Å². The van der Waals surface area contributed by atoms with Gasteiger partial charge in [-0.25, -0.2) is 0 Å². The molecule has 1 aromatic heterocycles. The summed E-state index contributed by atoms with van der Waals surface area (Å²) in [7, 11) is 0. The monoisotopic (exact) mass is 417 g/mol. The first kappa shape index (κ1) is 19.7. The number of carbonyl (C=O) groups is 1. The molecule has 0 spiro atoms. The second-order valence-corrected chi connectivity index (χ2v) is 9.53. The molecular formula is C19H19N3O2S3. The highest BCUT2D eigenvalue weighted by Gasteiger charge is 2.17. The molecule has 0 saturated heterocycles. The van der Waals surface area contributed by atoms with Crippen LogP contribution >= 0.6 is 34.9 Å². The fraction of sp³-hybridized carbons (Fsp3) is 0.211. The lowest BCUT2D eigenvalue weighted by molar-refractivity contribution is -0.115. The number of rotatable bonds is 8. The molecule has 5 nitrogen and oxygen atoms in total. The molecular weight excluding hydrogens is 398 g/mol. The minimum absolute atomic E-state index is 0.0726. The maximum Gasteiger partial charge on any atom is 0.237 e. The summed E-state index contributed by atoms with van der Waals surface area (Å²) in [6, 6.07) is 16.9. The van der Waals surface area contributed by atoms with Crippen LogP contribution in [0.15, 0.2) is 63.3 Å². The van der Waals surface area contributed by atoms with Crippen LogP contribution in [-0.2, 0) is 4.79 Å². The molecule has 0 saturated carbocycles. The number of hydrogen-bond acceptors (Lipinski definition) is 7. The summed E-state index contributed by atoms with van der Waals surface area (Å²) in [5, 5.41) is 10.9. The van der Waals surface area contributed by atoms with E-state index in [-0.39, 0.29) is 11.2 Å². The second kappa shape index (κ2) is 9.77. The van der Waals surface area contributed by atoms with Gasteiger partial charge in [0.15, 0.2) is 8.68 Å². The summed E-state index contributed by atoms with van der Waals surface area (Å²) in [5.41, 5.74) is 0.729. The Hall–Kier alpha value is -2.03. The van der Waals surface area contributed by atoms with Gasteiger partial charge in [0.2, 0.25) is 5.91 Å². The van der Waals surface area contributed by atoms with Gasteiger partial charge < -0.3 is 10.1 Å². The van der Waals surface area contributed by atoms with Crippen molar-refractivity contribution < 1.29 is 9.53 Å². The third kappa shape index (κ3) is 5.98. The zero-order chi connectivity index (χ0) is 19.1. The first-order valence-electron chi connectivity index (χ1n) is 8.41. The number of ether oxygens (including phenoxy) is 1. The lowest BCUT2D eigenvalue weighted by Crippen LogP contribution is -2.22. The van der Waals surface area contributed by atoms with Gasteiger partial charge >= 0.3 is 0 Å². The van der Waals surface area contributed by atoms with E-state index in [1.165, 1.54) is 23.1 Å². The summed E-state index contributed by atoms with van der Waals surface area (Å²) in [5.74, 6) is 2.38. The summed E-state index contributed by atoms with van der Waals surface area (Å²) >= 11 is 4.59. The average Bonchev–Trinajstić information content (AvgIpc) is 3.11. The van der Waals surface area contributed by atoms with Crippen molar-refractivity contribution in [2.24, 2.45) is 0 Å². The molecule has 3 aromatic rings. The number of anilines is 1. The van der Waals surface area contributed by atoms with Crippen LogP contribution < -0.4 is 10.1 Å². The van der Waals surface area contributed by atoms with Crippen molar-refractivity contribution in [3.63, 3.8) is 0 Å². The number of nitrogens with zero attached hydrogens (tertiary/aromatic N) is 2. The van der Waals surface area contributed by atoms with Crippen molar-refractivity contribution in [3.05, 3.63) is 54.6 Å². The Labute approximate surface area is 170 Å². The van der Waals surface area contributed by atoms with Gasteiger partial charge in [0.1, 0.15) is 11.5 Å². The van der Waals surface area contributed by atoms with Crippen LogP contribution in [0.4, 0.5) is 5.69 Å². The van der Waals surface area contributed by atoms with Crippen LogP contribution in [0.1, 0.15) is 13.8 Å².